The quantitative estimate of drug-likeness (QED) is 0.600. The molecule has 0 unspecified atom stereocenters. The smallest absolute Gasteiger partial charge is 0.339 e. The van der Waals surface area contributed by atoms with Gasteiger partial charge in [0.15, 0.2) is 0 Å². The highest BCUT2D eigenvalue weighted by Crippen LogP contribution is 2.23. The molecule has 0 heterocycles. The van der Waals surface area contributed by atoms with Crippen molar-refractivity contribution < 1.29 is 9.53 Å². The Hall–Kier alpha value is -0.670. The van der Waals surface area contributed by atoms with Gasteiger partial charge in [-0.3, -0.25) is 0 Å². The summed E-state index contributed by atoms with van der Waals surface area (Å²) in [5.41, 5.74) is 0.428. The van der Waals surface area contributed by atoms with Crippen molar-refractivity contribution in [1.29, 1.82) is 0 Å². The zero-order valence-corrected chi connectivity index (χ0v) is 10.5. The first-order valence-corrected chi connectivity index (χ1v) is 6.19. The lowest BCUT2D eigenvalue weighted by molar-refractivity contribution is 0.0378. The third kappa shape index (κ3) is 3.43. The summed E-state index contributed by atoms with van der Waals surface area (Å²) in [4.78, 5) is 12.6. The molecule has 0 bridgehead atoms. The van der Waals surface area contributed by atoms with Crippen LogP contribution in [0.25, 0.3) is 0 Å². The van der Waals surface area contributed by atoms with E-state index in [1.54, 1.807) is 23.9 Å². The summed E-state index contributed by atoms with van der Waals surface area (Å²) in [7, 11) is 0. The third-order valence-electron chi connectivity index (χ3n) is 1.74. The molecular weight excluding hydrogens is 232 g/mol. The fourth-order valence-electron chi connectivity index (χ4n) is 1.07. The minimum Gasteiger partial charge on any atom is -0.459 e. The van der Waals surface area contributed by atoms with E-state index in [-0.39, 0.29) is 12.1 Å². The SMILES string of the molecule is CSc1ccc(Cl)c(C(=O)OC(C)C)c1. The average Bonchev–Trinajstić information content (AvgIpc) is 2.17. The Balaban J connectivity index is 2.96. The van der Waals surface area contributed by atoms with E-state index in [2.05, 4.69) is 0 Å². The van der Waals surface area contributed by atoms with Crippen LogP contribution in [0.2, 0.25) is 5.02 Å². The van der Waals surface area contributed by atoms with Crippen LogP contribution in [0.3, 0.4) is 0 Å². The molecule has 0 aliphatic heterocycles. The van der Waals surface area contributed by atoms with Crippen LogP contribution < -0.4 is 0 Å². The highest BCUT2D eigenvalue weighted by Gasteiger charge is 2.13. The molecule has 82 valence electrons. The maximum Gasteiger partial charge on any atom is 0.339 e. The summed E-state index contributed by atoms with van der Waals surface area (Å²) < 4.78 is 5.08. The normalized spacial score (nSPS) is 10.5. The lowest BCUT2D eigenvalue weighted by Gasteiger charge is -2.09. The molecule has 0 aliphatic rings. The second-order valence-corrected chi connectivity index (χ2v) is 4.59. The van der Waals surface area contributed by atoms with Crippen LogP contribution in [0.15, 0.2) is 23.1 Å². The van der Waals surface area contributed by atoms with Gasteiger partial charge in [0.05, 0.1) is 16.7 Å². The second kappa shape index (κ2) is 5.42. The molecule has 0 saturated carbocycles. The number of ether oxygens (including phenoxy) is 1. The Morgan fingerprint density at radius 3 is 2.67 bits per heavy atom. The highest BCUT2D eigenvalue weighted by atomic mass is 35.5. The Labute approximate surface area is 99.0 Å². The Morgan fingerprint density at radius 1 is 1.47 bits per heavy atom. The number of carbonyl (C=O) groups is 1. The average molecular weight is 245 g/mol. The molecule has 0 atom stereocenters. The molecule has 2 nitrogen and oxygen atoms in total. The molecule has 0 amide bonds. The lowest BCUT2D eigenvalue weighted by Crippen LogP contribution is -2.12. The number of rotatable bonds is 3. The first kappa shape index (κ1) is 12.4. The summed E-state index contributed by atoms with van der Waals surface area (Å²) in [6.07, 6.45) is 1.81. The molecule has 0 spiro atoms. The number of hydrogen-bond acceptors (Lipinski definition) is 3. The van der Waals surface area contributed by atoms with Crippen molar-refractivity contribution >= 4 is 29.3 Å². The molecule has 15 heavy (non-hydrogen) atoms. The van der Waals surface area contributed by atoms with Gasteiger partial charge < -0.3 is 4.74 Å². The Morgan fingerprint density at radius 2 is 2.13 bits per heavy atom. The number of halogens is 1. The minimum atomic E-state index is -0.370. The number of esters is 1. The van der Waals surface area contributed by atoms with Gasteiger partial charge in [-0.05, 0) is 38.3 Å². The van der Waals surface area contributed by atoms with E-state index in [1.165, 1.54) is 0 Å². The van der Waals surface area contributed by atoms with Crippen molar-refractivity contribution in [3.8, 4) is 0 Å². The van der Waals surface area contributed by atoms with Crippen molar-refractivity contribution in [1.82, 2.24) is 0 Å². The molecule has 0 radical (unpaired) electrons. The van der Waals surface area contributed by atoms with Gasteiger partial charge >= 0.3 is 5.97 Å². The fraction of sp³-hybridized carbons (Fsp3) is 0.364. The standard InChI is InChI=1S/C11H13ClO2S/c1-7(2)14-11(13)9-6-8(15-3)4-5-10(9)12/h4-7H,1-3H3. The van der Waals surface area contributed by atoms with Crippen molar-refractivity contribution in [2.45, 2.75) is 24.8 Å². The first-order valence-electron chi connectivity index (χ1n) is 4.59. The predicted octanol–water partition coefficient (Wildman–Crippen LogP) is 3.63. The van der Waals surface area contributed by atoms with Crippen molar-refractivity contribution in [2.75, 3.05) is 6.26 Å². The van der Waals surface area contributed by atoms with E-state index in [1.807, 2.05) is 26.2 Å². The van der Waals surface area contributed by atoms with Gasteiger partial charge in [-0.2, -0.15) is 0 Å². The van der Waals surface area contributed by atoms with Crippen molar-refractivity contribution in [3.63, 3.8) is 0 Å². The Bertz CT molecular complexity index is 364. The van der Waals surface area contributed by atoms with Crippen LogP contribution in [-0.4, -0.2) is 18.3 Å². The molecule has 0 aromatic heterocycles. The van der Waals surface area contributed by atoms with Crippen LogP contribution in [0.4, 0.5) is 0 Å². The van der Waals surface area contributed by atoms with Crippen LogP contribution in [-0.2, 0) is 4.74 Å². The number of benzene rings is 1. The topological polar surface area (TPSA) is 26.3 Å². The molecule has 0 saturated heterocycles. The first-order chi connectivity index (χ1) is 7.04. The molecule has 0 fully saturated rings. The van der Waals surface area contributed by atoms with Crippen LogP contribution in [0.5, 0.6) is 0 Å². The highest BCUT2D eigenvalue weighted by molar-refractivity contribution is 7.98. The van der Waals surface area contributed by atoms with Crippen LogP contribution in [0, 0.1) is 0 Å². The van der Waals surface area contributed by atoms with Gasteiger partial charge in [-0.25, -0.2) is 4.79 Å². The van der Waals surface area contributed by atoms with Gasteiger partial charge in [0.2, 0.25) is 0 Å². The number of hydrogen-bond donors (Lipinski definition) is 0. The van der Waals surface area contributed by atoms with E-state index in [4.69, 9.17) is 16.3 Å². The fourth-order valence-corrected chi connectivity index (χ4v) is 1.70. The van der Waals surface area contributed by atoms with Gasteiger partial charge in [0.25, 0.3) is 0 Å². The van der Waals surface area contributed by atoms with Gasteiger partial charge in [-0.1, -0.05) is 11.6 Å². The zero-order valence-electron chi connectivity index (χ0n) is 8.91. The largest absolute Gasteiger partial charge is 0.459 e. The van der Waals surface area contributed by atoms with E-state index >= 15 is 0 Å². The zero-order chi connectivity index (χ0) is 11.4. The number of thioether (sulfide) groups is 1. The summed E-state index contributed by atoms with van der Waals surface area (Å²) in [5, 5.41) is 0.429. The summed E-state index contributed by atoms with van der Waals surface area (Å²) in [5.74, 6) is -0.370. The van der Waals surface area contributed by atoms with E-state index < -0.39 is 0 Å². The lowest BCUT2D eigenvalue weighted by atomic mass is 10.2. The van der Waals surface area contributed by atoms with Gasteiger partial charge in [-0.15, -0.1) is 11.8 Å². The van der Waals surface area contributed by atoms with Gasteiger partial charge in [0, 0.05) is 4.90 Å². The maximum atomic E-state index is 11.6. The molecule has 1 aromatic carbocycles. The second-order valence-electron chi connectivity index (χ2n) is 3.30. The third-order valence-corrected chi connectivity index (χ3v) is 2.79. The number of carbonyl (C=O) groups excluding carboxylic acids is 1. The van der Waals surface area contributed by atoms with E-state index in [9.17, 15) is 4.79 Å². The maximum absolute atomic E-state index is 11.6. The molecule has 4 heteroatoms. The molecular formula is C11H13ClO2S. The monoisotopic (exact) mass is 244 g/mol. The van der Waals surface area contributed by atoms with E-state index in [0.29, 0.717) is 10.6 Å². The molecule has 0 aliphatic carbocycles. The molecule has 1 aromatic rings. The Kier molecular flexibility index (Phi) is 4.48. The van der Waals surface area contributed by atoms with Gasteiger partial charge in [0.1, 0.15) is 0 Å². The van der Waals surface area contributed by atoms with E-state index in [0.717, 1.165) is 4.90 Å². The summed E-state index contributed by atoms with van der Waals surface area (Å²) in [6.45, 7) is 3.62. The molecule has 1 rings (SSSR count). The van der Waals surface area contributed by atoms with Crippen molar-refractivity contribution in [2.24, 2.45) is 0 Å². The molecule has 0 N–H and O–H groups in total. The summed E-state index contributed by atoms with van der Waals surface area (Å²) >= 11 is 7.48. The van der Waals surface area contributed by atoms with Crippen LogP contribution in [0.1, 0.15) is 24.2 Å². The predicted molar refractivity (Wildman–Crippen MR) is 63.8 cm³/mol. The van der Waals surface area contributed by atoms with Crippen molar-refractivity contribution in [3.05, 3.63) is 28.8 Å². The van der Waals surface area contributed by atoms with Crippen LogP contribution >= 0.6 is 23.4 Å². The minimum absolute atomic E-state index is 0.133. The summed E-state index contributed by atoms with van der Waals surface area (Å²) in [6, 6.07) is 5.33.